The number of benzene rings is 2. The highest BCUT2D eigenvalue weighted by molar-refractivity contribution is 5.69. The Morgan fingerprint density at radius 1 is 1.06 bits per heavy atom. The van der Waals surface area contributed by atoms with Gasteiger partial charge in [0, 0.05) is 31.6 Å². The van der Waals surface area contributed by atoms with Gasteiger partial charge in [-0.15, -0.1) is 0 Å². The van der Waals surface area contributed by atoms with E-state index in [4.69, 9.17) is 9.47 Å². The van der Waals surface area contributed by atoms with E-state index >= 15 is 0 Å². The lowest BCUT2D eigenvalue weighted by Gasteiger charge is -2.42. The third kappa shape index (κ3) is 4.87. The van der Waals surface area contributed by atoms with E-state index in [0.29, 0.717) is 6.04 Å². The molecule has 3 atom stereocenters. The van der Waals surface area contributed by atoms with Crippen molar-refractivity contribution in [3.8, 4) is 5.75 Å². The van der Waals surface area contributed by atoms with E-state index in [-0.39, 0.29) is 18.1 Å². The van der Waals surface area contributed by atoms with Gasteiger partial charge in [-0.25, -0.2) is 4.79 Å². The van der Waals surface area contributed by atoms with Crippen molar-refractivity contribution >= 4 is 6.09 Å². The lowest BCUT2D eigenvalue weighted by Crippen LogP contribution is -2.54. The number of piperidine rings is 1. The van der Waals surface area contributed by atoms with E-state index in [1.165, 1.54) is 11.1 Å². The van der Waals surface area contributed by atoms with Crippen molar-refractivity contribution in [2.75, 3.05) is 20.2 Å². The quantitative estimate of drug-likeness (QED) is 0.690. The maximum Gasteiger partial charge on any atom is 0.410 e. The molecule has 2 aliphatic rings. The number of ether oxygens (including phenoxy) is 2. The first-order valence-electron chi connectivity index (χ1n) is 11.3. The summed E-state index contributed by atoms with van der Waals surface area (Å²) in [6.45, 7) is 8.38. The van der Waals surface area contributed by atoms with Gasteiger partial charge in [0.15, 0.2) is 0 Å². The molecule has 0 saturated carbocycles. The Balaban J connectivity index is 1.64. The predicted molar refractivity (Wildman–Crippen MR) is 122 cm³/mol. The zero-order chi connectivity index (χ0) is 22.0. The molecule has 166 valence electrons. The fourth-order valence-corrected chi connectivity index (χ4v) is 5.07. The lowest BCUT2D eigenvalue weighted by atomic mass is 9.86. The highest BCUT2D eigenvalue weighted by Gasteiger charge is 2.49. The average Bonchev–Trinajstić information content (AvgIpc) is 3.12. The molecule has 5 heteroatoms. The summed E-state index contributed by atoms with van der Waals surface area (Å²) in [5.74, 6) is 1.10. The topological polar surface area (TPSA) is 42.0 Å². The predicted octanol–water partition coefficient (Wildman–Crippen LogP) is 5.06. The number of likely N-dealkylation sites (tertiary alicyclic amines) is 2. The van der Waals surface area contributed by atoms with E-state index in [2.05, 4.69) is 47.4 Å². The van der Waals surface area contributed by atoms with Crippen molar-refractivity contribution in [2.45, 2.75) is 63.8 Å². The van der Waals surface area contributed by atoms with Crippen molar-refractivity contribution < 1.29 is 14.3 Å². The second-order valence-electron chi connectivity index (χ2n) is 9.67. The molecular weight excluding hydrogens is 388 g/mol. The molecule has 0 bridgehead atoms. The Hall–Kier alpha value is -2.53. The monoisotopic (exact) mass is 422 g/mol. The highest BCUT2D eigenvalue weighted by atomic mass is 16.6. The minimum atomic E-state index is -0.498. The molecule has 2 fully saturated rings. The second kappa shape index (κ2) is 8.91. The number of fused-ring (bicyclic) bond motifs is 1. The molecule has 1 amide bonds. The van der Waals surface area contributed by atoms with Gasteiger partial charge in [0.25, 0.3) is 0 Å². The molecule has 2 heterocycles. The molecule has 31 heavy (non-hydrogen) atoms. The minimum Gasteiger partial charge on any atom is -0.497 e. The largest absolute Gasteiger partial charge is 0.497 e. The van der Waals surface area contributed by atoms with E-state index < -0.39 is 5.60 Å². The van der Waals surface area contributed by atoms with Crippen LogP contribution in [0.4, 0.5) is 4.79 Å². The molecule has 0 N–H and O–H groups in total. The van der Waals surface area contributed by atoms with Gasteiger partial charge < -0.3 is 14.4 Å². The maximum atomic E-state index is 13.2. The van der Waals surface area contributed by atoms with Crippen LogP contribution in [-0.4, -0.2) is 53.8 Å². The molecule has 2 aliphatic heterocycles. The molecule has 2 aromatic rings. The van der Waals surface area contributed by atoms with Gasteiger partial charge in [-0.05, 0) is 56.9 Å². The van der Waals surface area contributed by atoms with Crippen LogP contribution in [0.3, 0.4) is 0 Å². The van der Waals surface area contributed by atoms with Crippen LogP contribution in [0.25, 0.3) is 0 Å². The number of methoxy groups -OCH3 is 1. The standard InChI is InChI=1S/C26H34N2O3/c1-26(2,3)31-25(29)28-16-8-11-23-24(28)22(20-12-14-21(30-4)15-13-20)18-27(23)17-19-9-6-5-7-10-19/h5-7,9-10,12-15,22-24H,8,11,16-18H2,1-4H3/t22-,23-,24-/m0/s1. The van der Waals surface area contributed by atoms with Gasteiger partial charge in [-0.2, -0.15) is 0 Å². The van der Waals surface area contributed by atoms with E-state index in [1.807, 2.05) is 37.8 Å². The number of hydrogen-bond acceptors (Lipinski definition) is 4. The third-order valence-corrected chi connectivity index (χ3v) is 6.37. The van der Waals surface area contributed by atoms with Crippen molar-refractivity contribution in [3.63, 3.8) is 0 Å². The minimum absolute atomic E-state index is 0.112. The van der Waals surface area contributed by atoms with E-state index in [9.17, 15) is 4.79 Å². The van der Waals surface area contributed by atoms with Crippen LogP contribution >= 0.6 is 0 Å². The molecule has 0 unspecified atom stereocenters. The smallest absolute Gasteiger partial charge is 0.410 e. The van der Waals surface area contributed by atoms with Crippen molar-refractivity contribution in [1.29, 1.82) is 0 Å². The van der Waals surface area contributed by atoms with Crippen molar-refractivity contribution in [2.24, 2.45) is 0 Å². The molecule has 0 radical (unpaired) electrons. The maximum absolute atomic E-state index is 13.2. The first kappa shape index (κ1) is 21.7. The van der Waals surface area contributed by atoms with Gasteiger partial charge in [0.2, 0.25) is 0 Å². The molecule has 2 aromatic carbocycles. The first-order valence-corrected chi connectivity index (χ1v) is 11.3. The molecule has 0 aliphatic carbocycles. The highest BCUT2D eigenvalue weighted by Crippen LogP contribution is 2.41. The van der Waals surface area contributed by atoms with Gasteiger partial charge in [-0.3, -0.25) is 4.90 Å². The molecule has 4 rings (SSSR count). The Labute approximate surface area is 185 Å². The van der Waals surface area contributed by atoms with Crippen LogP contribution in [0, 0.1) is 0 Å². The lowest BCUT2D eigenvalue weighted by molar-refractivity contribution is 0.00154. The van der Waals surface area contributed by atoms with Crippen LogP contribution in [-0.2, 0) is 11.3 Å². The van der Waals surface area contributed by atoms with Crippen LogP contribution in [0.5, 0.6) is 5.75 Å². The Bertz CT molecular complexity index is 876. The first-order chi connectivity index (χ1) is 14.9. The van der Waals surface area contributed by atoms with E-state index in [0.717, 1.165) is 38.2 Å². The Kier molecular flexibility index (Phi) is 6.24. The number of hydrogen-bond donors (Lipinski definition) is 0. The fraction of sp³-hybridized carbons (Fsp3) is 0.500. The van der Waals surface area contributed by atoms with E-state index in [1.54, 1.807) is 7.11 Å². The Morgan fingerprint density at radius 3 is 2.42 bits per heavy atom. The van der Waals surface area contributed by atoms with Gasteiger partial charge >= 0.3 is 6.09 Å². The molecular formula is C26H34N2O3. The SMILES string of the molecule is COc1ccc([C@@H]2CN(Cc3ccccc3)[C@H]3CCCN(C(=O)OC(C)(C)C)[C@@H]23)cc1. The van der Waals surface area contributed by atoms with Gasteiger partial charge in [0.1, 0.15) is 11.4 Å². The molecule has 0 aromatic heterocycles. The van der Waals surface area contributed by atoms with Crippen LogP contribution in [0.1, 0.15) is 50.7 Å². The summed E-state index contributed by atoms with van der Waals surface area (Å²) in [6.07, 6.45) is 1.91. The fourth-order valence-electron chi connectivity index (χ4n) is 5.07. The summed E-state index contributed by atoms with van der Waals surface area (Å²) in [5, 5.41) is 0. The average molecular weight is 423 g/mol. The third-order valence-electron chi connectivity index (χ3n) is 6.37. The second-order valence-corrected chi connectivity index (χ2v) is 9.67. The van der Waals surface area contributed by atoms with Gasteiger partial charge in [0.05, 0.1) is 13.2 Å². The van der Waals surface area contributed by atoms with Crippen LogP contribution < -0.4 is 4.74 Å². The molecule has 0 spiro atoms. The summed E-state index contributed by atoms with van der Waals surface area (Å²) >= 11 is 0. The van der Waals surface area contributed by atoms with Crippen molar-refractivity contribution in [3.05, 3.63) is 65.7 Å². The van der Waals surface area contributed by atoms with Gasteiger partial charge in [-0.1, -0.05) is 42.5 Å². The number of rotatable bonds is 4. The summed E-state index contributed by atoms with van der Waals surface area (Å²) in [6, 6.07) is 19.4. The zero-order valence-corrected chi connectivity index (χ0v) is 19.1. The number of nitrogens with zero attached hydrogens (tertiary/aromatic N) is 2. The summed E-state index contributed by atoms with van der Waals surface area (Å²) < 4.78 is 11.2. The number of carbonyl (C=O) groups is 1. The molecule has 5 nitrogen and oxygen atoms in total. The zero-order valence-electron chi connectivity index (χ0n) is 19.1. The number of amides is 1. The van der Waals surface area contributed by atoms with Crippen LogP contribution in [0.15, 0.2) is 54.6 Å². The summed E-state index contributed by atoms with van der Waals surface area (Å²) in [4.78, 5) is 17.7. The summed E-state index contributed by atoms with van der Waals surface area (Å²) in [5.41, 5.74) is 2.06. The molecule has 2 saturated heterocycles. The Morgan fingerprint density at radius 2 is 1.77 bits per heavy atom. The number of carbonyl (C=O) groups excluding carboxylic acids is 1. The normalized spacial score (nSPS) is 24.0. The summed E-state index contributed by atoms with van der Waals surface area (Å²) in [7, 11) is 1.69. The van der Waals surface area contributed by atoms with Crippen LogP contribution in [0.2, 0.25) is 0 Å². The van der Waals surface area contributed by atoms with Crippen molar-refractivity contribution in [1.82, 2.24) is 9.80 Å².